The van der Waals surface area contributed by atoms with Crippen molar-refractivity contribution in [1.29, 1.82) is 0 Å². The lowest BCUT2D eigenvalue weighted by Crippen LogP contribution is -1.63. The van der Waals surface area contributed by atoms with Gasteiger partial charge in [0.05, 0.1) is 0 Å². The van der Waals surface area contributed by atoms with Gasteiger partial charge in [0.25, 0.3) is 0 Å². The molecule has 47 valence electrons. The van der Waals surface area contributed by atoms with Crippen LogP contribution in [0.15, 0.2) is 29.2 Å². The van der Waals surface area contributed by atoms with Crippen LogP contribution in [0.3, 0.4) is 0 Å². The molecule has 0 bridgehead atoms. The van der Waals surface area contributed by atoms with Crippen molar-refractivity contribution in [3.8, 4) is 0 Å². The normalized spacial score (nSPS) is 9.44. The highest BCUT2D eigenvalue weighted by Gasteiger charge is 1.86. The van der Waals surface area contributed by atoms with Crippen molar-refractivity contribution in [2.75, 3.05) is 6.26 Å². The van der Waals surface area contributed by atoms with Gasteiger partial charge in [0.2, 0.25) is 0 Å². The second-order valence-corrected chi connectivity index (χ2v) is 3.92. The molecule has 9 heavy (non-hydrogen) atoms. The SMILES string of the molecule is CSSc1[c]cccc1. The number of hydrogen-bond acceptors (Lipinski definition) is 2. The van der Waals surface area contributed by atoms with Crippen LogP contribution < -0.4 is 0 Å². The van der Waals surface area contributed by atoms with Gasteiger partial charge in [-0.05, 0) is 18.4 Å². The standard InChI is InChI=1S/C7H7S2/c1-8-9-7-5-3-2-4-6-7/h2-5H,1H3. The van der Waals surface area contributed by atoms with Gasteiger partial charge >= 0.3 is 0 Å². The lowest BCUT2D eigenvalue weighted by molar-refractivity contribution is 1.46. The van der Waals surface area contributed by atoms with Crippen molar-refractivity contribution in [2.24, 2.45) is 0 Å². The molecule has 0 saturated carbocycles. The third-order valence-corrected chi connectivity index (χ3v) is 2.49. The minimum atomic E-state index is 1.20. The Balaban J connectivity index is 2.61. The first-order valence-electron chi connectivity index (χ1n) is 2.61. The lowest BCUT2D eigenvalue weighted by Gasteiger charge is -1.91. The average molecular weight is 155 g/mol. The predicted octanol–water partition coefficient (Wildman–Crippen LogP) is 2.86. The molecule has 0 unspecified atom stereocenters. The van der Waals surface area contributed by atoms with Crippen LogP contribution >= 0.6 is 21.6 Å². The lowest BCUT2D eigenvalue weighted by atomic mass is 10.4. The van der Waals surface area contributed by atoms with E-state index >= 15 is 0 Å². The molecule has 1 radical (unpaired) electrons. The van der Waals surface area contributed by atoms with Gasteiger partial charge < -0.3 is 0 Å². The van der Waals surface area contributed by atoms with E-state index in [4.69, 9.17) is 0 Å². The summed E-state index contributed by atoms with van der Waals surface area (Å²) in [6, 6.07) is 11.1. The summed E-state index contributed by atoms with van der Waals surface area (Å²) in [6.07, 6.45) is 2.06. The molecule has 0 aliphatic heterocycles. The molecule has 1 aromatic carbocycles. The Morgan fingerprint density at radius 1 is 1.44 bits per heavy atom. The van der Waals surface area contributed by atoms with Gasteiger partial charge in [-0.2, -0.15) is 0 Å². The Labute approximate surface area is 63.4 Å². The molecule has 0 nitrogen and oxygen atoms in total. The van der Waals surface area contributed by atoms with Gasteiger partial charge in [0, 0.05) is 4.90 Å². The van der Waals surface area contributed by atoms with Crippen LogP contribution in [0.5, 0.6) is 0 Å². The second-order valence-electron chi connectivity index (χ2n) is 1.48. The van der Waals surface area contributed by atoms with Crippen molar-refractivity contribution >= 4 is 21.6 Å². The summed E-state index contributed by atoms with van der Waals surface area (Å²) in [6.45, 7) is 0. The molecule has 0 atom stereocenters. The molecule has 0 saturated heterocycles. The summed E-state index contributed by atoms with van der Waals surface area (Å²) >= 11 is 0. The van der Waals surface area contributed by atoms with E-state index in [9.17, 15) is 0 Å². The van der Waals surface area contributed by atoms with Crippen LogP contribution in [-0.2, 0) is 0 Å². The zero-order chi connectivity index (χ0) is 6.53. The molecule has 0 fully saturated rings. The molecular weight excluding hydrogens is 148 g/mol. The summed E-state index contributed by atoms with van der Waals surface area (Å²) < 4.78 is 0. The minimum absolute atomic E-state index is 1.20. The fraction of sp³-hybridized carbons (Fsp3) is 0.143. The quantitative estimate of drug-likeness (QED) is 0.602. The topological polar surface area (TPSA) is 0 Å². The maximum atomic E-state index is 3.11. The minimum Gasteiger partial charge on any atom is -0.0924 e. The van der Waals surface area contributed by atoms with Crippen LogP contribution in [0.4, 0.5) is 0 Å². The fourth-order valence-electron chi connectivity index (χ4n) is 0.518. The fourth-order valence-corrected chi connectivity index (χ4v) is 1.80. The van der Waals surface area contributed by atoms with Crippen LogP contribution in [0.25, 0.3) is 0 Å². The maximum Gasteiger partial charge on any atom is 0.0261 e. The third-order valence-electron chi connectivity index (χ3n) is 0.854. The maximum absolute atomic E-state index is 3.11. The van der Waals surface area contributed by atoms with E-state index in [1.165, 1.54) is 4.90 Å². The molecule has 0 spiro atoms. The van der Waals surface area contributed by atoms with Gasteiger partial charge in [0.1, 0.15) is 0 Å². The highest BCUT2D eigenvalue weighted by atomic mass is 33.1. The molecule has 0 N–H and O–H groups in total. The highest BCUT2D eigenvalue weighted by molar-refractivity contribution is 8.76. The van der Waals surface area contributed by atoms with E-state index < -0.39 is 0 Å². The highest BCUT2D eigenvalue weighted by Crippen LogP contribution is 2.26. The smallest absolute Gasteiger partial charge is 0.0261 e. The van der Waals surface area contributed by atoms with Crippen LogP contribution in [0, 0.1) is 6.07 Å². The Bertz CT molecular complexity index is 160. The van der Waals surface area contributed by atoms with Crippen LogP contribution in [-0.4, -0.2) is 6.26 Å². The van der Waals surface area contributed by atoms with Crippen LogP contribution in [0.1, 0.15) is 0 Å². The Morgan fingerprint density at radius 3 is 2.89 bits per heavy atom. The van der Waals surface area contributed by atoms with E-state index in [2.05, 4.69) is 18.4 Å². The van der Waals surface area contributed by atoms with E-state index in [1.54, 1.807) is 21.6 Å². The summed E-state index contributed by atoms with van der Waals surface area (Å²) in [5.41, 5.74) is 0. The molecule has 2 heteroatoms. The van der Waals surface area contributed by atoms with E-state index in [1.807, 2.05) is 18.2 Å². The molecule has 0 heterocycles. The van der Waals surface area contributed by atoms with Gasteiger partial charge in [-0.15, -0.1) is 0 Å². The molecular formula is C7H7S2. The molecule has 1 aromatic rings. The van der Waals surface area contributed by atoms with E-state index in [0.717, 1.165) is 0 Å². The zero-order valence-corrected chi connectivity index (χ0v) is 6.76. The molecule has 0 amide bonds. The molecule has 1 rings (SSSR count). The van der Waals surface area contributed by atoms with Gasteiger partial charge in [-0.25, -0.2) is 0 Å². The number of benzene rings is 1. The molecule has 0 aliphatic carbocycles. The monoisotopic (exact) mass is 155 g/mol. The van der Waals surface area contributed by atoms with Gasteiger partial charge in [-0.1, -0.05) is 39.8 Å². The van der Waals surface area contributed by atoms with Crippen molar-refractivity contribution in [2.45, 2.75) is 4.90 Å². The first-order chi connectivity index (χ1) is 4.43. The van der Waals surface area contributed by atoms with Crippen molar-refractivity contribution in [3.05, 3.63) is 30.3 Å². The van der Waals surface area contributed by atoms with Gasteiger partial charge in [0.15, 0.2) is 0 Å². The first kappa shape index (κ1) is 7.03. The predicted molar refractivity (Wildman–Crippen MR) is 44.7 cm³/mol. The molecule has 0 aromatic heterocycles. The summed E-state index contributed by atoms with van der Waals surface area (Å²) in [4.78, 5) is 1.20. The van der Waals surface area contributed by atoms with E-state index in [-0.39, 0.29) is 0 Å². The zero-order valence-electron chi connectivity index (χ0n) is 5.13. The van der Waals surface area contributed by atoms with Crippen molar-refractivity contribution in [3.63, 3.8) is 0 Å². The van der Waals surface area contributed by atoms with E-state index in [0.29, 0.717) is 0 Å². The van der Waals surface area contributed by atoms with Crippen molar-refractivity contribution in [1.82, 2.24) is 0 Å². The third kappa shape index (κ3) is 2.33. The number of rotatable bonds is 2. The van der Waals surface area contributed by atoms with Crippen LogP contribution in [0.2, 0.25) is 0 Å². The van der Waals surface area contributed by atoms with Gasteiger partial charge in [-0.3, -0.25) is 0 Å². The largest absolute Gasteiger partial charge is 0.0924 e. The Hall–Kier alpha value is -0.0800. The Morgan fingerprint density at radius 2 is 2.33 bits per heavy atom. The van der Waals surface area contributed by atoms with Crippen molar-refractivity contribution < 1.29 is 0 Å². The number of hydrogen-bond donors (Lipinski definition) is 0. The first-order valence-corrected chi connectivity index (χ1v) is 5.16. The summed E-state index contributed by atoms with van der Waals surface area (Å²) in [7, 11) is 3.48. The second kappa shape index (κ2) is 3.85. The summed E-state index contributed by atoms with van der Waals surface area (Å²) in [5, 5.41) is 0. The Kier molecular flexibility index (Phi) is 3.01. The average Bonchev–Trinajstić information content (AvgIpc) is 1.91. The molecule has 0 aliphatic rings. The summed E-state index contributed by atoms with van der Waals surface area (Å²) in [5.74, 6) is 0.